The molecule has 4 heteroatoms. The smallest absolute Gasteiger partial charge is 0.119 e. The standard InChI is InChI=1S/C14H17N3O/c15-13-7-3-5-11-9-16-14(17(11)13)8-10-4-1-2-6-12(10)18/h1-2,4,6,9,13,18H,3,5,7-8,15H2. The van der Waals surface area contributed by atoms with Crippen molar-refractivity contribution >= 4 is 0 Å². The van der Waals surface area contributed by atoms with E-state index in [0.717, 1.165) is 30.7 Å². The lowest BCUT2D eigenvalue weighted by Gasteiger charge is -2.24. The Labute approximate surface area is 106 Å². The van der Waals surface area contributed by atoms with Gasteiger partial charge < -0.3 is 15.4 Å². The van der Waals surface area contributed by atoms with Gasteiger partial charge in [0.25, 0.3) is 0 Å². The van der Waals surface area contributed by atoms with E-state index in [1.807, 2.05) is 24.4 Å². The normalized spacial score (nSPS) is 18.6. The monoisotopic (exact) mass is 243 g/mol. The topological polar surface area (TPSA) is 64.1 Å². The summed E-state index contributed by atoms with van der Waals surface area (Å²) in [5.41, 5.74) is 8.24. The Balaban J connectivity index is 1.95. The molecule has 1 aromatic heterocycles. The third-order valence-electron chi connectivity index (χ3n) is 3.55. The zero-order valence-electron chi connectivity index (χ0n) is 10.2. The summed E-state index contributed by atoms with van der Waals surface area (Å²) in [6, 6.07) is 7.38. The zero-order valence-corrected chi connectivity index (χ0v) is 10.2. The number of nitrogens with two attached hydrogens (primary N) is 1. The molecule has 3 rings (SSSR count). The van der Waals surface area contributed by atoms with Crippen LogP contribution in [-0.2, 0) is 12.8 Å². The van der Waals surface area contributed by atoms with E-state index in [0.29, 0.717) is 12.2 Å². The van der Waals surface area contributed by atoms with Crippen LogP contribution in [0.25, 0.3) is 0 Å². The van der Waals surface area contributed by atoms with E-state index in [1.54, 1.807) is 6.07 Å². The number of hydrogen-bond donors (Lipinski definition) is 2. The van der Waals surface area contributed by atoms with Crippen molar-refractivity contribution in [1.29, 1.82) is 0 Å². The van der Waals surface area contributed by atoms with Gasteiger partial charge in [-0.05, 0) is 25.3 Å². The Kier molecular flexibility index (Phi) is 2.80. The lowest BCUT2D eigenvalue weighted by atomic mass is 10.1. The maximum absolute atomic E-state index is 9.81. The van der Waals surface area contributed by atoms with Crippen molar-refractivity contribution in [2.45, 2.75) is 31.8 Å². The third-order valence-corrected chi connectivity index (χ3v) is 3.55. The number of para-hydroxylation sites is 1. The molecule has 94 valence electrons. The lowest BCUT2D eigenvalue weighted by molar-refractivity contribution is 0.402. The number of rotatable bonds is 2. The van der Waals surface area contributed by atoms with Crippen molar-refractivity contribution in [3.05, 3.63) is 47.5 Å². The average molecular weight is 243 g/mol. The molecule has 0 saturated heterocycles. The highest BCUT2D eigenvalue weighted by Crippen LogP contribution is 2.26. The molecule has 0 aliphatic carbocycles. The largest absolute Gasteiger partial charge is 0.508 e. The first kappa shape index (κ1) is 11.3. The highest BCUT2D eigenvalue weighted by Gasteiger charge is 2.20. The summed E-state index contributed by atoms with van der Waals surface area (Å²) in [6.07, 6.45) is 5.73. The van der Waals surface area contributed by atoms with Crippen LogP contribution in [0.2, 0.25) is 0 Å². The fourth-order valence-corrected chi connectivity index (χ4v) is 2.61. The number of phenols is 1. The van der Waals surface area contributed by atoms with E-state index in [-0.39, 0.29) is 6.17 Å². The van der Waals surface area contributed by atoms with Gasteiger partial charge in [0, 0.05) is 23.9 Å². The summed E-state index contributed by atoms with van der Waals surface area (Å²) < 4.78 is 2.12. The number of fused-ring (bicyclic) bond motifs is 1. The number of imidazole rings is 1. The van der Waals surface area contributed by atoms with Crippen molar-refractivity contribution in [1.82, 2.24) is 9.55 Å². The first-order valence-electron chi connectivity index (χ1n) is 6.33. The maximum Gasteiger partial charge on any atom is 0.119 e. The van der Waals surface area contributed by atoms with Gasteiger partial charge in [0.1, 0.15) is 11.6 Å². The Morgan fingerprint density at radius 1 is 1.39 bits per heavy atom. The number of aryl methyl sites for hydroxylation is 1. The number of aromatic hydroxyl groups is 1. The van der Waals surface area contributed by atoms with Crippen LogP contribution >= 0.6 is 0 Å². The van der Waals surface area contributed by atoms with E-state index in [9.17, 15) is 5.11 Å². The Hall–Kier alpha value is -1.81. The molecule has 18 heavy (non-hydrogen) atoms. The molecule has 4 nitrogen and oxygen atoms in total. The van der Waals surface area contributed by atoms with Gasteiger partial charge in [-0.25, -0.2) is 4.98 Å². The van der Waals surface area contributed by atoms with Crippen LogP contribution in [0.1, 0.15) is 36.1 Å². The number of nitrogens with zero attached hydrogens (tertiary/aromatic N) is 2. The fraction of sp³-hybridized carbons (Fsp3) is 0.357. The minimum absolute atomic E-state index is 0.0251. The first-order chi connectivity index (χ1) is 8.75. The van der Waals surface area contributed by atoms with Gasteiger partial charge in [0.15, 0.2) is 0 Å². The van der Waals surface area contributed by atoms with Gasteiger partial charge in [-0.15, -0.1) is 0 Å². The molecule has 0 fully saturated rings. The lowest BCUT2D eigenvalue weighted by Crippen LogP contribution is -2.26. The van der Waals surface area contributed by atoms with Crippen LogP contribution in [0.4, 0.5) is 0 Å². The SMILES string of the molecule is NC1CCCc2cnc(Cc3ccccc3O)n21. The maximum atomic E-state index is 9.81. The zero-order chi connectivity index (χ0) is 12.5. The first-order valence-corrected chi connectivity index (χ1v) is 6.33. The number of aromatic nitrogens is 2. The van der Waals surface area contributed by atoms with E-state index >= 15 is 0 Å². The Bertz CT molecular complexity index is 562. The second-order valence-electron chi connectivity index (χ2n) is 4.80. The van der Waals surface area contributed by atoms with Crippen LogP contribution in [-0.4, -0.2) is 14.7 Å². The molecule has 1 aliphatic rings. The van der Waals surface area contributed by atoms with Crippen LogP contribution in [0, 0.1) is 0 Å². The summed E-state index contributed by atoms with van der Waals surface area (Å²) in [7, 11) is 0. The van der Waals surface area contributed by atoms with Crippen molar-refractivity contribution in [3.63, 3.8) is 0 Å². The third kappa shape index (κ3) is 1.88. The quantitative estimate of drug-likeness (QED) is 0.847. The van der Waals surface area contributed by atoms with Gasteiger partial charge in [0.05, 0.1) is 6.17 Å². The summed E-state index contributed by atoms with van der Waals surface area (Å²) >= 11 is 0. The van der Waals surface area contributed by atoms with Gasteiger partial charge in [-0.2, -0.15) is 0 Å². The Morgan fingerprint density at radius 3 is 3.06 bits per heavy atom. The van der Waals surface area contributed by atoms with E-state index in [4.69, 9.17) is 5.73 Å². The molecule has 1 unspecified atom stereocenters. The van der Waals surface area contributed by atoms with Gasteiger partial charge in [-0.3, -0.25) is 0 Å². The second-order valence-corrected chi connectivity index (χ2v) is 4.80. The van der Waals surface area contributed by atoms with Crippen molar-refractivity contribution in [2.75, 3.05) is 0 Å². The second kappa shape index (κ2) is 4.46. The highest BCUT2D eigenvalue weighted by molar-refractivity contribution is 5.34. The number of phenolic OH excluding ortho intramolecular Hbond substituents is 1. The molecule has 1 aliphatic heterocycles. The van der Waals surface area contributed by atoms with Gasteiger partial charge >= 0.3 is 0 Å². The van der Waals surface area contributed by atoms with Crippen molar-refractivity contribution in [2.24, 2.45) is 5.73 Å². The van der Waals surface area contributed by atoms with Gasteiger partial charge in [-0.1, -0.05) is 18.2 Å². The molecule has 0 bridgehead atoms. The molecule has 1 atom stereocenters. The summed E-state index contributed by atoms with van der Waals surface area (Å²) in [6.45, 7) is 0. The van der Waals surface area contributed by atoms with Crippen LogP contribution in [0.5, 0.6) is 5.75 Å². The average Bonchev–Trinajstić information content (AvgIpc) is 2.77. The molecule has 0 amide bonds. The van der Waals surface area contributed by atoms with E-state index in [1.165, 1.54) is 5.69 Å². The van der Waals surface area contributed by atoms with Crippen molar-refractivity contribution < 1.29 is 5.11 Å². The minimum Gasteiger partial charge on any atom is -0.508 e. The number of hydrogen-bond acceptors (Lipinski definition) is 3. The molecule has 0 spiro atoms. The molecule has 2 aromatic rings. The summed E-state index contributed by atoms with van der Waals surface area (Å²) in [5.74, 6) is 1.26. The molecule has 0 radical (unpaired) electrons. The molecule has 3 N–H and O–H groups in total. The molecule has 0 saturated carbocycles. The molecule has 2 heterocycles. The minimum atomic E-state index is 0.0251. The van der Waals surface area contributed by atoms with Gasteiger partial charge in [0.2, 0.25) is 0 Å². The molecular formula is C14H17N3O. The van der Waals surface area contributed by atoms with Crippen LogP contribution < -0.4 is 5.73 Å². The van der Waals surface area contributed by atoms with Crippen LogP contribution in [0.15, 0.2) is 30.5 Å². The Morgan fingerprint density at radius 2 is 2.22 bits per heavy atom. The predicted octanol–water partition coefficient (Wildman–Crippen LogP) is 1.97. The summed E-state index contributed by atoms with van der Waals surface area (Å²) in [5, 5.41) is 9.81. The molecular weight excluding hydrogens is 226 g/mol. The fourth-order valence-electron chi connectivity index (χ4n) is 2.61. The summed E-state index contributed by atoms with van der Waals surface area (Å²) in [4.78, 5) is 4.46. The molecule has 1 aromatic carbocycles. The predicted molar refractivity (Wildman–Crippen MR) is 69.3 cm³/mol. The highest BCUT2D eigenvalue weighted by atomic mass is 16.3. The van der Waals surface area contributed by atoms with Crippen molar-refractivity contribution in [3.8, 4) is 5.75 Å². The van der Waals surface area contributed by atoms with E-state index < -0.39 is 0 Å². The number of benzene rings is 1. The van der Waals surface area contributed by atoms with Crippen LogP contribution in [0.3, 0.4) is 0 Å². The van der Waals surface area contributed by atoms with E-state index in [2.05, 4.69) is 9.55 Å².